The molecular weight excluding hydrogens is 217 g/mol. The Kier molecular flexibility index (Phi) is 2.89. The molecule has 1 fully saturated rings. The van der Waals surface area contributed by atoms with Crippen LogP contribution in [0.5, 0.6) is 0 Å². The van der Waals surface area contributed by atoms with Crippen molar-refractivity contribution in [1.29, 1.82) is 0 Å². The second kappa shape index (κ2) is 3.98. The summed E-state index contributed by atoms with van der Waals surface area (Å²) in [5.41, 5.74) is 2.75. The molecule has 17 heavy (non-hydrogen) atoms. The van der Waals surface area contributed by atoms with Crippen molar-refractivity contribution >= 4 is 18.4 Å². The van der Waals surface area contributed by atoms with Crippen LogP contribution in [0.15, 0.2) is 18.3 Å². The van der Waals surface area contributed by atoms with E-state index in [2.05, 4.69) is 10.4 Å². The van der Waals surface area contributed by atoms with Gasteiger partial charge >= 0.3 is 7.12 Å². The molecule has 92 valence electrons. The Hall–Kier alpha value is -1.11. The molecule has 0 radical (unpaired) electrons. The lowest BCUT2D eigenvalue weighted by atomic mass is 9.80. The van der Waals surface area contributed by atoms with Crippen molar-refractivity contribution in [2.75, 3.05) is 5.43 Å². The van der Waals surface area contributed by atoms with Gasteiger partial charge in [0.15, 0.2) is 0 Å². The van der Waals surface area contributed by atoms with E-state index in [-0.39, 0.29) is 18.3 Å². The average Bonchev–Trinajstić information content (AvgIpc) is 2.48. The number of pyridine rings is 1. The molecule has 0 amide bonds. The van der Waals surface area contributed by atoms with Crippen LogP contribution in [0.3, 0.4) is 0 Å². The molecule has 2 heterocycles. The van der Waals surface area contributed by atoms with Crippen LogP contribution in [0.2, 0.25) is 0 Å². The number of hydrazine groups is 1. The Morgan fingerprint density at radius 1 is 1.24 bits per heavy atom. The third-order valence-electron chi connectivity index (χ3n) is 3.46. The second-order valence-electron chi connectivity index (χ2n) is 5.21. The zero-order valence-electron chi connectivity index (χ0n) is 10.7. The number of rotatable bonds is 2. The van der Waals surface area contributed by atoms with Gasteiger partial charge in [-0.3, -0.25) is 0 Å². The fourth-order valence-electron chi connectivity index (χ4n) is 1.65. The molecule has 1 aliphatic heterocycles. The van der Waals surface area contributed by atoms with Crippen LogP contribution >= 0.6 is 0 Å². The quantitative estimate of drug-likeness (QED) is 0.448. The van der Waals surface area contributed by atoms with Gasteiger partial charge in [-0.1, -0.05) is 0 Å². The maximum atomic E-state index is 5.93. The van der Waals surface area contributed by atoms with Gasteiger partial charge in [0.25, 0.3) is 0 Å². The first-order valence-electron chi connectivity index (χ1n) is 5.64. The summed E-state index contributed by atoms with van der Waals surface area (Å²) in [6.45, 7) is 8.10. The number of aromatic nitrogens is 1. The van der Waals surface area contributed by atoms with Gasteiger partial charge in [0.2, 0.25) is 0 Å². The molecule has 0 spiro atoms. The smallest absolute Gasteiger partial charge is 0.399 e. The summed E-state index contributed by atoms with van der Waals surface area (Å²) in [5.74, 6) is 5.92. The lowest BCUT2D eigenvalue weighted by Gasteiger charge is -2.32. The summed E-state index contributed by atoms with van der Waals surface area (Å²) in [7, 11) is -0.380. The third kappa shape index (κ3) is 2.16. The topological polar surface area (TPSA) is 69.4 Å². The number of nitrogen functional groups attached to an aromatic ring is 1. The van der Waals surface area contributed by atoms with Gasteiger partial charge in [-0.15, -0.1) is 0 Å². The van der Waals surface area contributed by atoms with Crippen molar-refractivity contribution in [1.82, 2.24) is 4.98 Å². The number of nitrogens with zero attached hydrogens (tertiary/aromatic N) is 1. The maximum Gasteiger partial charge on any atom is 0.495 e. The highest BCUT2D eigenvalue weighted by molar-refractivity contribution is 6.62. The van der Waals surface area contributed by atoms with Crippen LogP contribution in [0.1, 0.15) is 27.7 Å². The first kappa shape index (κ1) is 12.4. The lowest BCUT2D eigenvalue weighted by Crippen LogP contribution is -2.41. The Morgan fingerprint density at radius 3 is 2.35 bits per heavy atom. The summed E-state index contributed by atoms with van der Waals surface area (Å²) in [6, 6.07) is 3.69. The molecule has 6 heteroatoms. The normalized spacial score (nSPS) is 21.6. The molecule has 1 aromatic rings. The van der Waals surface area contributed by atoms with Crippen molar-refractivity contribution in [3.63, 3.8) is 0 Å². The van der Waals surface area contributed by atoms with E-state index in [1.54, 1.807) is 6.20 Å². The molecule has 0 unspecified atom stereocenters. The lowest BCUT2D eigenvalue weighted by molar-refractivity contribution is 0.00578. The first-order chi connectivity index (χ1) is 7.86. The third-order valence-corrected chi connectivity index (χ3v) is 3.46. The summed E-state index contributed by atoms with van der Waals surface area (Å²) in [6.07, 6.45) is 1.68. The Balaban J connectivity index is 2.25. The largest absolute Gasteiger partial charge is 0.495 e. The van der Waals surface area contributed by atoms with Crippen LogP contribution in [0.25, 0.3) is 0 Å². The van der Waals surface area contributed by atoms with E-state index in [4.69, 9.17) is 15.2 Å². The first-order valence-corrected chi connectivity index (χ1v) is 5.64. The van der Waals surface area contributed by atoms with Crippen LogP contribution in [0, 0.1) is 0 Å². The molecule has 1 aliphatic rings. The average molecular weight is 235 g/mol. The number of nitrogens with one attached hydrogen (secondary N) is 1. The fraction of sp³-hybridized carbons (Fsp3) is 0.545. The standard InChI is InChI=1S/C11H18BN3O2/c1-10(2)11(3,4)17-12(16-10)8-5-6-14-9(7-8)15-13/h5-7H,13H2,1-4H3,(H,14,15). The second-order valence-corrected chi connectivity index (χ2v) is 5.21. The van der Waals surface area contributed by atoms with Gasteiger partial charge in [-0.25, -0.2) is 10.8 Å². The van der Waals surface area contributed by atoms with E-state index in [1.165, 1.54) is 0 Å². The van der Waals surface area contributed by atoms with Crippen LogP contribution in [-0.4, -0.2) is 23.3 Å². The van der Waals surface area contributed by atoms with Gasteiger partial charge in [0.05, 0.1) is 11.2 Å². The predicted octanol–water partition coefficient (Wildman–Crippen LogP) is 0.666. The van der Waals surface area contributed by atoms with E-state index < -0.39 is 0 Å². The summed E-state index contributed by atoms with van der Waals surface area (Å²) < 4.78 is 11.9. The van der Waals surface area contributed by atoms with E-state index in [0.29, 0.717) is 5.82 Å². The maximum absolute atomic E-state index is 5.93. The molecule has 0 atom stereocenters. The molecule has 0 aliphatic carbocycles. The highest BCUT2D eigenvalue weighted by Crippen LogP contribution is 2.36. The highest BCUT2D eigenvalue weighted by atomic mass is 16.7. The van der Waals surface area contributed by atoms with Gasteiger partial charge in [0.1, 0.15) is 5.82 Å². The van der Waals surface area contributed by atoms with Crippen molar-refractivity contribution in [2.45, 2.75) is 38.9 Å². The van der Waals surface area contributed by atoms with Crippen LogP contribution in [0.4, 0.5) is 5.82 Å². The molecule has 2 rings (SSSR count). The van der Waals surface area contributed by atoms with Gasteiger partial charge in [-0.05, 0) is 45.3 Å². The molecule has 3 N–H and O–H groups in total. The zero-order chi connectivity index (χ0) is 12.7. The molecule has 0 aromatic carbocycles. The molecule has 0 saturated carbocycles. The highest BCUT2D eigenvalue weighted by Gasteiger charge is 2.51. The Labute approximate surface area is 102 Å². The summed E-state index contributed by atoms with van der Waals surface area (Å²) >= 11 is 0. The van der Waals surface area contributed by atoms with E-state index in [0.717, 1.165) is 5.46 Å². The minimum absolute atomic E-state index is 0.336. The number of hydrogen-bond donors (Lipinski definition) is 2. The van der Waals surface area contributed by atoms with E-state index >= 15 is 0 Å². The fourth-order valence-corrected chi connectivity index (χ4v) is 1.65. The van der Waals surface area contributed by atoms with Crippen LogP contribution < -0.4 is 16.7 Å². The van der Waals surface area contributed by atoms with Crippen molar-refractivity contribution in [2.24, 2.45) is 5.84 Å². The van der Waals surface area contributed by atoms with Gasteiger partial charge in [-0.2, -0.15) is 0 Å². The number of hydrogen-bond acceptors (Lipinski definition) is 5. The van der Waals surface area contributed by atoms with Crippen molar-refractivity contribution in [3.05, 3.63) is 18.3 Å². The predicted molar refractivity (Wildman–Crippen MR) is 67.8 cm³/mol. The summed E-state index contributed by atoms with van der Waals surface area (Å²) in [4.78, 5) is 4.05. The number of anilines is 1. The van der Waals surface area contributed by atoms with Crippen LogP contribution in [-0.2, 0) is 9.31 Å². The molecule has 5 nitrogen and oxygen atoms in total. The molecule has 1 saturated heterocycles. The number of nitrogens with two attached hydrogens (primary N) is 1. The minimum Gasteiger partial charge on any atom is -0.399 e. The molecular formula is C11H18BN3O2. The van der Waals surface area contributed by atoms with Crippen molar-refractivity contribution in [3.8, 4) is 0 Å². The molecule has 1 aromatic heterocycles. The zero-order valence-corrected chi connectivity index (χ0v) is 10.7. The molecule has 0 bridgehead atoms. The van der Waals surface area contributed by atoms with E-state index in [9.17, 15) is 0 Å². The monoisotopic (exact) mass is 235 g/mol. The minimum atomic E-state index is -0.380. The van der Waals surface area contributed by atoms with Crippen molar-refractivity contribution < 1.29 is 9.31 Å². The summed E-state index contributed by atoms with van der Waals surface area (Å²) in [5, 5.41) is 0. The van der Waals surface area contributed by atoms with E-state index in [1.807, 2.05) is 39.8 Å². The SMILES string of the molecule is CC1(C)OB(c2ccnc(NN)c2)OC1(C)C. The van der Waals surface area contributed by atoms with Gasteiger partial charge < -0.3 is 14.7 Å². The Morgan fingerprint density at radius 2 is 1.82 bits per heavy atom. The Bertz CT molecular complexity index is 407. The van der Waals surface area contributed by atoms with Gasteiger partial charge in [0, 0.05) is 6.20 Å².